The Hall–Kier alpha value is -1.88. The number of nitrogens with two attached hydrogens (primary N) is 1. The zero-order valence-electron chi connectivity index (χ0n) is 12.5. The Bertz CT molecular complexity index is 530. The minimum atomic E-state index is -0.584. The first-order valence-corrected chi connectivity index (χ1v) is 7.31. The molecule has 0 bridgehead atoms. The molecule has 21 heavy (non-hydrogen) atoms. The van der Waals surface area contributed by atoms with Crippen molar-refractivity contribution >= 4 is 11.7 Å². The van der Waals surface area contributed by atoms with Gasteiger partial charge in [0.05, 0.1) is 0 Å². The Kier molecular flexibility index (Phi) is 4.96. The van der Waals surface area contributed by atoms with Crippen molar-refractivity contribution in [2.24, 2.45) is 5.73 Å². The lowest BCUT2D eigenvalue weighted by molar-refractivity contribution is -0.138. The molecule has 5 heteroatoms. The molecule has 0 radical (unpaired) electrons. The number of likely N-dealkylation sites (tertiary alicyclic amines) is 1. The van der Waals surface area contributed by atoms with Crippen LogP contribution >= 0.6 is 0 Å². The number of hydrogen-bond acceptors (Lipinski definition) is 4. The lowest BCUT2D eigenvalue weighted by atomic mass is 10.1. The average Bonchev–Trinajstić information content (AvgIpc) is 2.95. The summed E-state index contributed by atoms with van der Waals surface area (Å²) in [6.07, 6.45) is 1.36. The fraction of sp³-hybridized carbons (Fsp3) is 0.500. The van der Waals surface area contributed by atoms with Gasteiger partial charge >= 0.3 is 0 Å². The molecule has 1 heterocycles. The summed E-state index contributed by atoms with van der Waals surface area (Å²) in [5.41, 5.74) is 6.27. The van der Waals surface area contributed by atoms with Crippen LogP contribution in [0.15, 0.2) is 24.3 Å². The molecule has 0 aliphatic carbocycles. The summed E-state index contributed by atoms with van der Waals surface area (Å²) < 4.78 is 5.69. The predicted octanol–water partition coefficient (Wildman–Crippen LogP) is 1.61. The molecule has 2 atom stereocenters. The maximum atomic E-state index is 12.4. The highest BCUT2D eigenvalue weighted by atomic mass is 16.5. The fourth-order valence-corrected chi connectivity index (χ4v) is 2.65. The fourth-order valence-electron chi connectivity index (χ4n) is 2.65. The van der Waals surface area contributed by atoms with Crippen LogP contribution in [-0.2, 0) is 4.79 Å². The van der Waals surface area contributed by atoms with E-state index in [1.165, 1.54) is 6.92 Å². The molecule has 1 aliphatic rings. The van der Waals surface area contributed by atoms with E-state index in [0.29, 0.717) is 17.9 Å². The van der Waals surface area contributed by atoms with Crippen LogP contribution in [-0.4, -0.2) is 41.8 Å². The average molecular weight is 290 g/mol. The number of ketones is 1. The molecular formula is C16H22N2O3. The number of benzene rings is 1. The molecule has 5 nitrogen and oxygen atoms in total. The number of rotatable bonds is 5. The third kappa shape index (κ3) is 3.61. The molecule has 0 aromatic heterocycles. The van der Waals surface area contributed by atoms with Crippen molar-refractivity contribution in [3.05, 3.63) is 29.8 Å². The van der Waals surface area contributed by atoms with E-state index in [1.807, 2.05) is 0 Å². The van der Waals surface area contributed by atoms with E-state index in [0.717, 1.165) is 19.4 Å². The van der Waals surface area contributed by atoms with E-state index in [9.17, 15) is 9.59 Å². The zero-order valence-corrected chi connectivity index (χ0v) is 12.5. The topological polar surface area (TPSA) is 72.6 Å². The highest BCUT2D eigenvalue weighted by Gasteiger charge is 2.31. The molecule has 114 valence electrons. The van der Waals surface area contributed by atoms with E-state index >= 15 is 0 Å². The summed E-state index contributed by atoms with van der Waals surface area (Å²) in [5.74, 6) is 0.463. The molecular weight excluding hydrogens is 268 g/mol. The monoisotopic (exact) mass is 290 g/mol. The molecule has 2 rings (SSSR count). The summed E-state index contributed by atoms with van der Waals surface area (Å²) in [7, 11) is 0. The van der Waals surface area contributed by atoms with Crippen molar-refractivity contribution in [3.8, 4) is 5.75 Å². The molecule has 2 unspecified atom stereocenters. The summed E-state index contributed by atoms with van der Waals surface area (Å²) in [6, 6.07) is 7.01. The summed E-state index contributed by atoms with van der Waals surface area (Å²) >= 11 is 0. The second-order valence-electron chi connectivity index (χ2n) is 5.41. The first-order chi connectivity index (χ1) is 10.0. The van der Waals surface area contributed by atoms with Gasteiger partial charge in [0.25, 0.3) is 5.91 Å². The maximum Gasteiger partial charge on any atom is 0.263 e. The largest absolute Gasteiger partial charge is 0.481 e. The van der Waals surface area contributed by atoms with Crippen LogP contribution in [0.3, 0.4) is 0 Å². The zero-order chi connectivity index (χ0) is 15.4. The number of hydrogen-bond donors (Lipinski definition) is 1. The van der Waals surface area contributed by atoms with Crippen LogP contribution in [0.25, 0.3) is 0 Å². The lowest BCUT2D eigenvalue weighted by Crippen LogP contribution is -2.45. The van der Waals surface area contributed by atoms with Crippen molar-refractivity contribution in [1.29, 1.82) is 0 Å². The Morgan fingerprint density at radius 3 is 2.90 bits per heavy atom. The van der Waals surface area contributed by atoms with Crippen LogP contribution in [0.5, 0.6) is 5.75 Å². The van der Waals surface area contributed by atoms with Crippen LogP contribution in [0, 0.1) is 0 Å². The van der Waals surface area contributed by atoms with Gasteiger partial charge in [0.15, 0.2) is 11.9 Å². The second kappa shape index (κ2) is 6.72. The Labute approximate surface area is 125 Å². The Balaban J connectivity index is 2.03. The molecule has 0 spiro atoms. The van der Waals surface area contributed by atoms with Gasteiger partial charge in [0.1, 0.15) is 5.75 Å². The molecule has 1 amide bonds. The highest BCUT2D eigenvalue weighted by molar-refractivity contribution is 5.94. The summed E-state index contributed by atoms with van der Waals surface area (Å²) in [4.78, 5) is 25.6. The minimum Gasteiger partial charge on any atom is -0.481 e. The predicted molar refractivity (Wildman–Crippen MR) is 80.3 cm³/mol. The summed E-state index contributed by atoms with van der Waals surface area (Å²) in [6.45, 7) is 4.46. The van der Waals surface area contributed by atoms with Crippen molar-refractivity contribution in [3.63, 3.8) is 0 Å². The van der Waals surface area contributed by atoms with Gasteiger partial charge in [-0.1, -0.05) is 12.1 Å². The van der Waals surface area contributed by atoms with Gasteiger partial charge in [0, 0.05) is 24.7 Å². The first-order valence-electron chi connectivity index (χ1n) is 7.31. The van der Waals surface area contributed by atoms with Crippen molar-refractivity contribution in [2.75, 3.05) is 13.1 Å². The lowest BCUT2D eigenvalue weighted by Gasteiger charge is -2.26. The molecule has 1 fully saturated rings. The molecule has 1 aromatic carbocycles. The number of ether oxygens (including phenoxy) is 1. The van der Waals surface area contributed by atoms with Gasteiger partial charge in [-0.05, 0) is 38.8 Å². The van der Waals surface area contributed by atoms with Gasteiger partial charge in [-0.3, -0.25) is 9.59 Å². The van der Waals surface area contributed by atoms with Gasteiger partial charge in [0.2, 0.25) is 0 Å². The number of amides is 1. The van der Waals surface area contributed by atoms with Gasteiger partial charge in [-0.25, -0.2) is 0 Å². The van der Waals surface area contributed by atoms with Crippen LogP contribution in [0.1, 0.15) is 37.0 Å². The molecule has 2 N–H and O–H groups in total. The molecule has 1 aromatic rings. The Morgan fingerprint density at radius 2 is 2.24 bits per heavy atom. The van der Waals surface area contributed by atoms with Crippen molar-refractivity contribution in [2.45, 2.75) is 38.8 Å². The van der Waals surface area contributed by atoms with Gasteiger partial charge in [-0.2, -0.15) is 0 Å². The number of carbonyl (C=O) groups is 2. The second-order valence-corrected chi connectivity index (χ2v) is 5.41. The van der Waals surface area contributed by atoms with E-state index < -0.39 is 6.10 Å². The number of carbonyl (C=O) groups excluding carboxylic acids is 2. The standard InChI is InChI=1S/C16H22N2O3/c1-11(19)13-5-3-7-15(9-13)21-12(2)16(20)18-8-4-6-14(18)10-17/h3,5,7,9,12,14H,4,6,8,10,17H2,1-2H3. The minimum absolute atomic E-state index is 0.0258. The van der Waals surface area contributed by atoms with Crippen molar-refractivity contribution < 1.29 is 14.3 Å². The Morgan fingerprint density at radius 1 is 1.48 bits per heavy atom. The van der Waals surface area contributed by atoms with Crippen LogP contribution < -0.4 is 10.5 Å². The first kappa shape index (κ1) is 15.5. The van der Waals surface area contributed by atoms with E-state index in [2.05, 4.69) is 0 Å². The molecule has 1 saturated heterocycles. The SMILES string of the molecule is CC(=O)c1cccc(OC(C)C(=O)N2CCCC2CN)c1. The normalized spacial score (nSPS) is 19.4. The molecule has 0 saturated carbocycles. The number of Topliss-reactive ketones (excluding diaryl/α,β-unsaturated/α-hetero) is 1. The van der Waals surface area contributed by atoms with E-state index in [1.54, 1.807) is 36.1 Å². The van der Waals surface area contributed by atoms with Gasteiger partial charge in [-0.15, -0.1) is 0 Å². The van der Waals surface area contributed by atoms with Gasteiger partial charge < -0.3 is 15.4 Å². The highest BCUT2D eigenvalue weighted by Crippen LogP contribution is 2.20. The van der Waals surface area contributed by atoms with Crippen molar-refractivity contribution in [1.82, 2.24) is 4.90 Å². The van der Waals surface area contributed by atoms with Crippen LogP contribution in [0.4, 0.5) is 0 Å². The third-order valence-electron chi connectivity index (χ3n) is 3.83. The third-order valence-corrected chi connectivity index (χ3v) is 3.83. The summed E-state index contributed by atoms with van der Waals surface area (Å²) in [5, 5.41) is 0. The quantitative estimate of drug-likeness (QED) is 0.836. The molecule has 1 aliphatic heterocycles. The van der Waals surface area contributed by atoms with E-state index in [-0.39, 0.29) is 17.7 Å². The number of nitrogens with zero attached hydrogens (tertiary/aromatic N) is 1. The van der Waals surface area contributed by atoms with Crippen LogP contribution in [0.2, 0.25) is 0 Å². The van der Waals surface area contributed by atoms with E-state index in [4.69, 9.17) is 10.5 Å². The maximum absolute atomic E-state index is 12.4. The smallest absolute Gasteiger partial charge is 0.263 e.